The fraction of sp³-hybridized carbons (Fsp3) is 0.357. The maximum absolute atomic E-state index is 11.8. The van der Waals surface area contributed by atoms with Crippen LogP contribution in [0.2, 0.25) is 0 Å². The van der Waals surface area contributed by atoms with E-state index in [0.717, 1.165) is 18.5 Å². The van der Waals surface area contributed by atoms with Crippen molar-refractivity contribution in [3.8, 4) is 0 Å². The van der Waals surface area contributed by atoms with E-state index in [-0.39, 0.29) is 5.91 Å². The second-order valence-corrected chi connectivity index (χ2v) is 4.42. The zero-order chi connectivity index (χ0) is 11.5. The van der Waals surface area contributed by atoms with Crippen LogP contribution in [0.1, 0.15) is 18.9 Å². The zero-order valence-corrected chi connectivity index (χ0v) is 9.81. The van der Waals surface area contributed by atoms with Gasteiger partial charge in [-0.2, -0.15) is 0 Å². The molecule has 0 N–H and O–H groups in total. The Hall–Kier alpha value is -1.57. The van der Waals surface area contributed by atoms with Gasteiger partial charge in [-0.05, 0) is 23.5 Å². The highest BCUT2D eigenvalue weighted by molar-refractivity contribution is 5.96. The van der Waals surface area contributed by atoms with Crippen molar-refractivity contribution in [2.24, 2.45) is 5.92 Å². The molecule has 0 radical (unpaired) electrons. The summed E-state index contributed by atoms with van der Waals surface area (Å²) >= 11 is 0. The summed E-state index contributed by atoms with van der Waals surface area (Å²) in [7, 11) is 1.86. The number of hydrogen-bond donors (Lipinski definition) is 0. The van der Waals surface area contributed by atoms with Crippen molar-refractivity contribution in [1.29, 1.82) is 0 Å². The molecule has 0 bridgehead atoms. The maximum Gasteiger partial charge on any atom is 0.246 e. The van der Waals surface area contributed by atoms with E-state index in [1.807, 2.05) is 25.2 Å². The molecule has 1 aliphatic heterocycles. The number of allylic oxidation sites excluding steroid dienone is 1. The fourth-order valence-electron chi connectivity index (χ4n) is 2.04. The predicted octanol–water partition coefficient (Wildman–Crippen LogP) is 2.57. The molecule has 2 nitrogen and oxygen atoms in total. The number of amides is 1. The van der Waals surface area contributed by atoms with Crippen molar-refractivity contribution in [3.05, 3.63) is 42.0 Å². The topological polar surface area (TPSA) is 20.3 Å². The second kappa shape index (κ2) is 4.52. The molecule has 1 aromatic rings. The van der Waals surface area contributed by atoms with Gasteiger partial charge in [0.1, 0.15) is 0 Å². The van der Waals surface area contributed by atoms with Crippen LogP contribution < -0.4 is 0 Å². The minimum absolute atomic E-state index is 0.114. The molecule has 84 valence electrons. The molecule has 0 aliphatic carbocycles. The lowest BCUT2D eigenvalue weighted by molar-refractivity contribution is -0.124. The molecule has 2 heteroatoms. The Bertz CT molecular complexity index is 408. The minimum Gasteiger partial charge on any atom is -0.342 e. The Kier molecular flexibility index (Phi) is 3.09. The van der Waals surface area contributed by atoms with Gasteiger partial charge in [0.25, 0.3) is 0 Å². The molecule has 0 aromatic heterocycles. The Labute approximate surface area is 96.6 Å². The normalized spacial score (nSPS) is 21.6. The van der Waals surface area contributed by atoms with E-state index in [1.54, 1.807) is 11.0 Å². The van der Waals surface area contributed by atoms with E-state index < -0.39 is 0 Å². The first kappa shape index (κ1) is 10.9. The Morgan fingerprint density at radius 2 is 1.94 bits per heavy atom. The van der Waals surface area contributed by atoms with Gasteiger partial charge < -0.3 is 4.90 Å². The highest BCUT2D eigenvalue weighted by Gasteiger charge is 2.19. The van der Waals surface area contributed by atoms with Crippen LogP contribution in [0.4, 0.5) is 0 Å². The average molecular weight is 215 g/mol. The molecule has 0 fully saturated rings. The summed E-state index contributed by atoms with van der Waals surface area (Å²) in [6.45, 7) is 3.03. The maximum atomic E-state index is 11.8. The molecular weight excluding hydrogens is 198 g/mol. The summed E-state index contributed by atoms with van der Waals surface area (Å²) in [5.74, 6) is 0.555. The summed E-state index contributed by atoms with van der Waals surface area (Å²) in [6, 6.07) is 10.2. The van der Waals surface area contributed by atoms with Gasteiger partial charge in [0.2, 0.25) is 5.91 Å². The van der Waals surface area contributed by atoms with E-state index in [4.69, 9.17) is 0 Å². The SMILES string of the molecule is CC1CCN(C)C(=O)C=C1c1ccccc1. The number of rotatable bonds is 1. The minimum atomic E-state index is 0.114. The van der Waals surface area contributed by atoms with E-state index in [9.17, 15) is 4.79 Å². The third-order valence-corrected chi connectivity index (χ3v) is 3.19. The van der Waals surface area contributed by atoms with Crippen molar-refractivity contribution in [1.82, 2.24) is 4.90 Å². The molecular formula is C14H17NO. The zero-order valence-electron chi connectivity index (χ0n) is 9.81. The van der Waals surface area contributed by atoms with Crippen molar-refractivity contribution in [2.75, 3.05) is 13.6 Å². The number of nitrogens with zero attached hydrogens (tertiary/aromatic N) is 1. The molecule has 2 rings (SSSR count). The predicted molar refractivity (Wildman–Crippen MR) is 65.8 cm³/mol. The van der Waals surface area contributed by atoms with Crippen LogP contribution in [0.15, 0.2) is 36.4 Å². The monoisotopic (exact) mass is 215 g/mol. The smallest absolute Gasteiger partial charge is 0.246 e. The van der Waals surface area contributed by atoms with Gasteiger partial charge in [-0.25, -0.2) is 0 Å². The largest absolute Gasteiger partial charge is 0.342 e. The highest BCUT2D eigenvalue weighted by Crippen LogP contribution is 2.28. The first-order valence-electron chi connectivity index (χ1n) is 5.70. The van der Waals surface area contributed by atoms with Gasteiger partial charge in [0.15, 0.2) is 0 Å². The molecule has 1 amide bonds. The molecule has 0 saturated heterocycles. The van der Waals surface area contributed by atoms with Crippen molar-refractivity contribution < 1.29 is 4.79 Å². The molecule has 1 aliphatic rings. The quantitative estimate of drug-likeness (QED) is 0.705. The van der Waals surface area contributed by atoms with Gasteiger partial charge in [-0.1, -0.05) is 37.3 Å². The van der Waals surface area contributed by atoms with E-state index in [0.29, 0.717) is 5.92 Å². The number of hydrogen-bond acceptors (Lipinski definition) is 1. The molecule has 16 heavy (non-hydrogen) atoms. The summed E-state index contributed by atoms with van der Waals surface area (Å²) in [5, 5.41) is 0. The van der Waals surface area contributed by atoms with Crippen molar-refractivity contribution in [2.45, 2.75) is 13.3 Å². The van der Waals surface area contributed by atoms with Gasteiger partial charge >= 0.3 is 0 Å². The second-order valence-electron chi connectivity index (χ2n) is 4.42. The molecule has 1 atom stereocenters. The third kappa shape index (κ3) is 2.16. The summed E-state index contributed by atoms with van der Waals surface area (Å²) < 4.78 is 0. The van der Waals surface area contributed by atoms with Gasteiger partial charge in [-0.3, -0.25) is 4.79 Å². The van der Waals surface area contributed by atoms with Crippen LogP contribution in [-0.4, -0.2) is 24.4 Å². The average Bonchev–Trinajstić information content (AvgIpc) is 2.44. The number of benzene rings is 1. The summed E-state index contributed by atoms with van der Waals surface area (Å²) in [4.78, 5) is 13.6. The van der Waals surface area contributed by atoms with Crippen LogP contribution >= 0.6 is 0 Å². The van der Waals surface area contributed by atoms with Crippen LogP contribution in [-0.2, 0) is 4.79 Å². The van der Waals surface area contributed by atoms with Gasteiger partial charge in [0, 0.05) is 19.7 Å². The lowest BCUT2D eigenvalue weighted by atomic mass is 9.92. The van der Waals surface area contributed by atoms with Crippen molar-refractivity contribution in [3.63, 3.8) is 0 Å². The first-order chi connectivity index (χ1) is 7.68. The number of carbonyl (C=O) groups excluding carboxylic acids is 1. The molecule has 0 saturated carbocycles. The first-order valence-corrected chi connectivity index (χ1v) is 5.70. The fourth-order valence-corrected chi connectivity index (χ4v) is 2.04. The van der Waals surface area contributed by atoms with E-state index >= 15 is 0 Å². The Morgan fingerprint density at radius 1 is 1.25 bits per heavy atom. The van der Waals surface area contributed by atoms with Crippen LogP contribution in [0, 0.1) is 5.92 Å². The lowest BCUT2D eigenvalue weighted by Crippen LogP contribution is -2.24. The number of carbonyl (C=O) groups is 1. The lowest BCUT2D eigenvalue weighted by Gasteiger charge is -2.14. The standard InChI is InChI=1S/C14H17NO/c1-11-8-9-15(2)14(16)10-13(11)12-6-4-3-5-7-12/h3-7,10-11H,8-9H2,1-2H3. The van der Waals surface area contributed by atoms with Crippen LogP contribution in [0.5, 0.6) is 0 Å². The Balaban J connectivity index is 2.37. The van der Waals surface area contributed by atoms with Crippen LogP contribution in [0.25, 0.3) is 5.57 Å². The highest BCUT2D eigenvalue weighted by atomic mass is 16.2. The number of likely N-dealkylation sites (N-methyl/N-ethyl adjacent to an activating group) is 1. The van der Waals surface area contributed by atoms with Gasteiger partial charge in [-0.15, -0.1) is 0 Å². The summed E-state index contributed by atoms with van der Waals surface area (Å²) in [6.07, 6.45) is 2.82. The summed E-state index contributed by atoms with van der Waals surface area (Å²) in [5.41, 5.74) is 2.33. The molecule has 1 unspecified atom stereocenters. The molecule has 1 aromatic carbocycles. The van der Waals surface area contributed by atoms with Crippen molar-refractivity contribution >= 4 is 11.5 Å². The van der Waals surface area contributed by atoms with E-state index in [2.05, 4.69) is 19.1 Å². The molecule has 0 spiro atoms. The molecule has 1 heterocycles. The van der Waals surface area contributed by atoms with Gasteiger partial charge in [0.05, 0.1) is 0 Å². The third-order valence-electron chi connectivity index (χ3n) is 3.19. The Morgan fingerprint density at radius 3 is 2.62 bits per heavy atom. The van der Waals surface area contributed by atoms with E-state index in [1.165, 1.54) is 5.56 Å². The van der Waals surface area contributed by atoms with Crippen LogP contribution in [0.3, 0.4) is 0 Å².